The number of aliphatic carboxylic acids is 1. The lowest BCUT2D eigenvalue weighted by Crippen LogP contribution is -2.00. The van der Waals surface area contributed by atoms with E-state index in [0.717, 1.165) is 12.1 Å². The van der Waals surface area contributed by atoms with Gasteiger partial charge in [-0.3, -0.25) is 0 Å². The molecule has 21 heavy (non-hydrogen) atoms. The van der Waals surface area contributed by atoms with E-state index in [4.69, 9.17) is 9.84 Å². The Bertz CT molecular complexity index is 681. The van der Waals surface area contributed by atoms with Crippen LogP contribution in [0, 0.1) is 11.6 Å². The molecule has 2 aromatic carbocycles. The third-order valence-corrected chi connectivity index (χ3v) is 2.72. The average molecular weight is 290 g/mol. The summed E-state index contributed by atoms with van der Waals surface area (Å²) < 4.78 is 32.4. The van der Waals surface area contributed by atoms with Crippen molar-refractivity contribution in [3.05, 3.63) is 71.3 Å². The lowest BCUT2D eigenvalue weighted by Gasteiger charge is -2.08. The highest BCUT2D eigenvalue weighted by Gasteiger charge is 2.06. The molecule has 1 N–H and O–H groups in total. The van der Waals surface area contributed by atoms with Crippen molar-refractivity contribution in [3.63, 3.8) is 0 Å². The lowest BCUT2D eigenvalue weighted by molar-refractivity contribution is -0.131. The lowest BCUT2D eigenvalue weighted by atomic mass is 10.2. The van der Waals surface area contributed by atoms with Gasteiger partial charge in [-0.15, -0.1) is 0 Å². The first-order valence-electron chi connectivity index (χ1n) is 6.13. The van der Waals surface area contributed by atoms with E-state index in [1.165, 1.54) is 24.3 Å². The number of carboxylic acid groups (broad SMARTS) is 1. The summed E-state index contributed by atoms with van der Waals surface area (Å²) in [6.45, 7) is -0.0894. The van der Waals surface area contributed by atoms with Gasteiger partial charge in [-0.2, -0.15) is 0 Å². The predicted molar refractivity (Wildman–Crippen MR) is 73.8 cm³/mol. The molecule has 2 rings (SSSR count). The second kappa shape index (κ2) is 6.65. The van der Waals surface area contributed by atoms with E-state index in [9.17, 15) is 13.6 Å². The van der Waals surface area contributed by atoms with Crippen LogP contribution in [0.5, 0.6) is 5.75 Å². The molecule has 0 aliphatic carbocycles. The van der Waals surface area contributed by atoms with E-state index in [-0.39, 0.29) is 12.4 Å². The molecule has 2 aromatic rings. The highest BCUT2D eigenvalue weighted by molar-refractivity contribution is 5.85. The quantitative estimate of drug-likeness (QED) is 0.855. The fraction of sp³-hybridized carbons (Fsp3) is 0.0625. The molecular formula is C16H12F2O3. The van der Waals surface area contributed by atoms with Gasteiger partial charge in [-0.25, -0.2) is 13.6 Å². The summed E-state index contributed by atoms with van der Waals surface area (Å²) in [5.74, 6) is -2.20. The molecule has 0 saturated carbocycles. The Labute approximate surface area is 120 Å². The summed E-state index contributed by atoms with van der Waals surface area (Å²) in [5, 5.41) is 8.49. The van der Waals surface area contributed by atoms with Crippen molar-refractivity contribution in [2.75, 3.05) is 0 Å². The Hall–Kier alpha value is -2.69. The minimum absolute atomic E-state index is 0.0225. The topological polar surface area (TPSA) is 46.5 Å². The van der Waals surface area contributed by atoms with Crippen LogP contribution in [0.15, 0.2) is 48.5 Å². The number of hydrogen-bond donors (Lipinski definition) is 1. The van der Waals surface area contributed by atoms with Crippen molar-refractivity contribution < 1.29 is 23.4 Å². The fourth-order valence-corrected chi connectivity index (χ4v) is 1.68. The molecule has 0 spiro atoms. The maximum Gasteiger partial charge on any atom is 0.328 e. The molecule has 0 unspecified atom stereocenters. The van der Waals surface area contributed by atoms with Crippen LogP contribution in [0.25, 0.3) is 6.08 Å². The normalized spacial score (nSPS) is 10.8. The number of halogens is 2. The van der Waals surface area contributed by atoms with Gasteiger partial charge < -0.3 is 9.84 Å². The van der Waals surface area contributed by atoms with Gasteiger partial charge in [0.1, 0.15) is 12.4 Å². The van der Waals surface area contributed by atoms with E-state index in [0.29, 0.717) is 11.1 Å². The van der Waals surface area contributed by atoms with Crippen LogP contribution < -0.4 is 4.74 Å². The average Bonchev–Trinajstić information content (AvgIpc) is 2.45. The smallest absolute Gasteiger partial charge is 0.328 e. The molecule has 3 nitrogen and oxygen atoms in total. The number of rotatable bonds is 5. The van der Waals surface area contributed by atoms with Crippen LogP contribution in [0.2, 0.25) is 0 Å². The molecule has 0 fully saturated rings. The molecule has 0 aliphatic heterocycles. The molecular weight excluding hydrogens is 278 g/mol. The van der Waals surface area contributed by atoms with E-state index >= 15 is 0 Å². The van der Waals surface area contributed by atoms with Crippen LogP contribution in [0.4, 0.5) is 8.78 Å². The number of carboxylic acids is 1. The maximum atomic E-state index is 13.8. The third kappa shape index (κ3) is 4.14. The van der Waals surface area contributed by atoms with Crippen LogP contribution in [0.1, 0.15) is 11.1 Å². The van der Waals surface area contributed by atoms with Gasteiger partial charge >= 0.3 is 5.97 Å². The summed E-state index contributed by atoms with van der Waals surface area (Å²) in [4.78, 5) is 10.4. The maximum absolute atomic E-state index is 13.8. The van der Waals surface area contributed by atoms with Crippen molar-refractivity contribution in [2.24, 2.45) is 0 Å². The molecule has 108 valence electrons. The first-order chi connectivity index (χ1) is 10.1. The van der Waals surface area contributed by atoms with Gasteiger partial charge in [0.25, 0.3) is 0 Å². The molecule has 0 atom stereocenters. The number of hydrogen-bond acceptors (Lipinski definition) is 2. The summed E-state index contributed by atoms with van der Waals surface area (Å²) >= 11 is 0. The molecule has 0 amide bonds. The summed E-state index contributed by atoms with van der Waals surface area (Å²) in [6, 6.07) is 10.1. The minimum Gasteiger partial charge on any atom is -0.486 e. The number of ether oxygens (including phenoxy) is 1. The third-order valence-electron chi connectivity index (χ3n) is 2.72. The van der Waals surface area contributed by atoms with Gasteiger partial charge in [-0.1, -0.05) is 24.3 Å². The van der Waals surface area contributed by atoms with E-state index in [1.807, 2.05) is 0 Å². The van der Waals surface area contributed by atoms with E-state index in [2.05, 4.69) is 0 Å². The standard InChI is InChI=1S/C16H12F2O3/c17-13-4-2-1-3-12(13)10-21-15-7-5-11(9-14(15)18)6-8-16(19)20/h1-9H,10H2,(H,19,20)/b8-6+. The highest BCUT2D eigenvalue weighted by atomic mass is 19.1. The molecule has 0 bridgehead atoms. The summed E-state index contributed by atoms with van der Waals surface area (Å²) in [5.41, 5.74) is 0.722. The first kappa shape index (κ1) is 14.7. The second-order valence-corrected chi connectivity index (χ2v) is 4.24. The van der Waals surface area contributed by atoms with Gasteiger partial charge in [0.15, 0.2) is 11.6 Å². The van der Waals surface area contributed by atoms with E-state index in [1.54, 1.807) is 18.2 Å². The van der Waals surface area contributed by atoms with Crippen LogP contribution in [0.3, 0.4) is 0 Å². The zero-order chi connectivity index (χ0) is 15.2. The van der Waals surface area contributed by atoms with Crippen molar-refractivity contribution >= 4 is 12.0 Å². The molecule has 0 aromatic heterocycles. The largest absolute Gasteiger partial charge is 0.486 e. The van der Waals surface area contributed by atoms with Gasteiger partial charge in [0.05, 0.1) is 0 Å². The number of carbonyl (C=O) groups is 1. The molecule has 0 aliphatic rings. The zero-order valence-corrected chi connectivity index (χ0v) is 10.9. The highest BCUT2D eigenvalue weighted by Crippen LogP contribution is 2.21. The van der Waals surface area contributed by atoms with Gasteiger partial charge in [-0.05, 0) is 29.8 Å². The summed E-state index contributed by atoms with van der Waals surface area (Å²) in [6.07, 6.45) is 2.18. The Balaban J connectivity index is 2.08. The SMILES string of the molecule is O=C(O)/C=C/c1ccc(OCc2ccccc2F)c(F)c1. The van der Waals surface area contributed by atoms with E-state index < -0.39 is 17.6 Å². The van der Waals surface area contributed by atoms with Crippen molar-refractivity contribution in [2.45, 2.75) is 6.61 Å². The van der Waals surface area contributed by atoms with Crippen molar-refractivity contribution in [3.8, 4) is 5.75 Å². The molecule has 0 saturated heterocycles. The summed E-state index contributed by atoms with van der Waals surface area (Å²) in [7, 11) is 0. The monoisotopic (exact) mass is 290 g/mol. The fourth-order valence-electron chi connectivity index (χ4n) is 1.68. The van der Waals surface area contributed by atoms with Gasteiger partial charge in [0.2, 0.25) is 0 Å². The van der Waals surface area contributed by atoms with Gasteiger partial charge in [0, 0.05) is 11.6 Å². The van der Waals surface area contributed by atoms with Crippen LogP contribution in [-0.2, 0) is 11.4 Å². The number of benzene rings is 2. The Kier molecular flexibility index (Phi) is 4.66. The predicted octanol–water partition coefficient (Wildman–Crippen LogP) is 3.64. The van der Waals surface area contributed by atoms with Crippen LogP contribution >= 0.6 is 0 Å². The van der Waals surface area contributed by atoms with Crippen molar-refractivity contribution in [1.29, 1.82) is 0 Å². The van der Waals surface area contributed by atoms with Crippen molar-refractivity contribution in [1.82, 2.24) is 0 Å². The molecule has 0 heterocycles. The molecule has 5 heteroatoms. The zero-order valence-electron chi connectivity index (χ0n) is 10.9. The molecule has 0 radical (unpaired) electrons. The Morgan fingerprint density at radius 1 is 1.14 bits per heavy atom. The minimum atomic E-state index is -1.12. The Morgan fingerprint density at radius 2 is 1.90 bits per heavy atom. The Morgan fingerprint density at radius 3 is 2.57 bits per heavy atom. The second-order valence-electron chi connectivity index (χ2n) is 4.24. The van der Waals surface area contributed by atoms with Crippen LogP contribution in [-0.4, -0.2) is 11.1 Å². The first-order valence-corrected chi connectivity index (χ1v) is 6.13.